The Morgan fingerprint density at radius 1 is 1.43 bits per heavy atom. The van der Waals surface area contributed by atoms with Crippen LogP contribution in [0.4, 0.5) is 0 Å². The summed E-state index contributed by atoms with van der Waals surface area (Å²) in [4.78, 5) is 12.1. The molecule has 0 aliphatic carbocycles. The summed E-state index contributed by atoms with van der Waals surface area (Å²) in [6, 6.07) is 5.25. The Hall–Kier alpha value is -1.64. The van der Waals surface area contributed by atoms with E-state index in [0.29, 0.717) is 15.6 Å². The highest BCUT2D eigenvalue weighted by Gasteiger charge is 2.42. The van der Waals surface area contributed by atoms with Crippen LogP contribution in [0.15, 0.2) is 18.2 Å². The minimum absolute atomic E-state index is 0.122. The van der Waals surface area contributed by atoms with Gasteiger partial charge in [0.15, 0.2) is 0 Å². The summed E-state index contributed by atoms with van der Waals surface area (Å²) in [6.45, 7) is 5.29. The summed E-state index contributed by atoms with van der Waals surface area (Å²) in [5, 5.41) is 0. The summed E-state index contributed by atoms with van der Waals surface area (Å²) in [5.41, 5.74) is 1.14. The molecule has 8 heteroatoms. The largest absolute Gasteiger partial charge is 0.464 e. The van der Waals surface area contributed by atoms with Gasteiger partial charge in [0.05, 0.1) is 11.8 Å². The fourth-order valence-electron chi connectivity index (χ4n) is 2.76. The molecule has 0 bridgehead atoms. The van der Waals surface area contributed by atoms with E-state index in [1.54, 1.807) is 19.2 Å². The van der Waals surface area contributed by atoms with Crippen LogP contribution in [-0.4, -0.2) is 43.1 Å². The predicted molar refractivity (Wildman–Crippen MR) is 83.5 cm³/mol. The summed E-state index contributed by atoms with van der Waals surface area (Å²) >= 11 is 0. The highest BCUT2D eigenvalue weighted by Crippen LogP contribution is 2.43. The second-order valence-electron chi connectivity index (χ2n) is 5.95. The molecule has 1 aliphatic rings. The number of nitrogens with zero attached hydrogens (tertiary/aromatic N) is 1. The molecule has 0 fully saturated rings. The summed E-state index contributed by atoms with van der Waals surface area (Å²) in [6.07, 6.45) is -0.553. The van der Waals surface area contributed by atoms with Crippen LogP contribution in [0.2, 0.25) is 0 Å². The number of hydrogen-bond acceptors (Lipinski definition) is 5. The Morgan fingerprint density at radius 3 is 2.61 bits per heavy atom. The molecule has 0 radical (unpaired) electrons. The molecule has 1 aromatic carbocycles. The van der Waals surface area contributed by atoms with Crippen molar-refractivity contribution in [2.45, 2.75) is 38.9 Å². The van der Waals surface area contributed by atoms with Gasteiger partial charge in [0.1, 0.15) is 5.75 Å². The quantitative estimate of drug-likeness (QED) is 0.815. The van der Waals surface area contributed by atoms with Crippen LogP contribution in [0.5, 0.6) is 5.75 Å². The number of rotatable bonds is 5. The van der Waals surface area contributed by atoms with E-state index in [1.165, 1.54) is 6.92 Å². The van der Waals surface area contributed by atoms with E-state index >= 15 is 0 Å². The highest BCUT2D eigenvalue weighted by molar-refractivity contribution is 7.84. The molecule has 0 saturated heterocycles. The zero-order valence-electron chi connectivity index (χ0n) is 13.6. The third kappa shape index (κ3) is 3.34. The normalized spacial score (nSPS) is 19.1. The van der Waals surface area contributed by atoms with Gasteiger partial charge in [0.25, 0.3) is 0 Å². The van der Waals surface area contributed by atoms with Crippen molar-refractivity contribution in [3.8, 4) is 5.75 Å². The summed E-state index contributed by atoms with van der Waals surface area (Å²) in [7, 11) is -2.98. The number of carbonyl (C=O) groups excluding carboxylic acids is 1. The molecule has 0 spiro atoms. The number of fused-ring (bicyclic) bond motifs is 1. The number of hydrogen-bond donors (Lipinski definition) is 1. The van der Waals surface area contributed by atoms with Gasteiger partial charge in [-0.25, -0.2) is 4.31 Å². The maximum absolute atomic E-state index is 12.1. The Bertz CT molecular complexity index is 713. The molecule has 1 unspecified atom stereocenters. The molecule has 1 aromatic rings. The predicted octanol–water partition coefficient (Wildman–Crippen LogP) is 1.52. The number of ether oxygens (including phenoxy) is 2. The zero-order valence-corrected chi connectivity index (χ0v) is 14.4. The molecule has 23 heavy (non-hydrogen) atoms. The number of benzene rings is 1. The van der Waals surface area contributed by atoms with Gasteiger partial charge in [-0.1, -0.05) is 12.1 Å². The Kier molecular flexibility index (Phi) is 4.70. The van der Waals surface area contributed by atoms with Crippen molar-refractivity contribution in [2.75, 3.05) is 13.7 Å². The summed E-state index contributed by atoms with van der Waals surface area (Å²) in [5.74, 6) is -0.00450. The lowest BCUT2D eigenvalue weighted by Crippen LogP contribution is -2.37. The minimum atomic E-state index is -4.54. The first-order valence-electron chi connectivity index (χ1n) is 7.22. The topological polar surface area (TPSA) is 93.1 Å². The number of likely N-dealkylation sites (N-methyl/N-ethyl adjacent to an activating group) is 1. The standard InChI is InChI=1S/C15H21NO6S/c1-5-16(23(18,19)20)13(17)9-10-6-7-12-11(8-10)15(2,3)14(21-4)22-12/h6-8,14H,5,9H2,1-4H3,(H,18,19,20). The van der Waals surface area contributed by atoms with E-state index in [9.17, 15) is 13.2 Å². The zero-order chi connectivity index (χ0) is 17.4. The SMILES string of the molecule is CCN(C(=O)Cc1ccc2c(c1)C(C)(C)C(OC)O2)S(=O)(=O)O. The third-order valence-electron chi connectivity index (χ3n) is 3.97. The molecular weight excluding hydrogens is 322 g/mol. The fourth-order valence-corrected chi connectivity index (χ4v) is 3.40. The van der Waals surface area contributed by atoms with Gasteiger partial charge in [-0.05, 0) is 32.4 Å². The van der Waals surface area contributed by atoms with Crippen LogP contribution in [0.3, 0.4) is 0 Å². The van der Waals surface area contributed by atoms with Crippen LogP contribution in [0, 0.1) is 0 Å². The Balaban J connectivity index is 2.27. The van der Waals surface area contributed by atoms with Gasteiger partial charge < -0.3 is 9.47 Å². The molecule has 1 aliphatic heterocycles. The van der Waals surface area contributed by atoms with E-state index in [4.69, 9.17) is 14.0 Å². The average Bonchev–Trinajstić information content (AvgIpc) is 2.69. The summed E-state index contributed by atoms with van der Waals surface area (Å²) < 4.78 is 42.9. The highest BCUT2D eigenvalue weighted by atomic mass is 32.2. The first kappa shape index (κ1) is 17.7. The third-order valence-corrected chi connectivity index (χ3v) is 4.99. The molecule has 0 saturated carbocycles. The van der Waals surface area contributed by atoms with E-state index in [0.717, 1.165) is 5.56 Å². The van der Waals surface area contributed by atoms with Crippen molar-refractivity contribution < 1.29 is 27.2 Å². The average molecular weight is 343 g/mol. The van der Waals surface area contributed by atoms with E-state index in [1.807, 2.05) is 19.9 Å². The number of amides is 1. The Labute approximate surface area is 136 Å². The molecular formula is C15H21NO6S. The lowest BCUT2D eigenvalue weighted by Gasteiger charge is -2.24. The van der Waals surface area contributed by atoms with Crippen LogP contribution in [-0.2, 0) is 31.7 Å². The molecule has 1 amide bonds. The number of methoxy groups -OCH3 is 1. The first-order valence-corrected chi connectivity index (χ1v) is 8.61. The molecule has 1 N–H and O–H groups in total. The monoisotopic (exact) mass is 343 g/mol. The second-order valence-corrected chi connectivity index (χ2v) is 7.29. The molecule has 0 aromatic heterocycles. The lowest BCUT2D eigenvalue weighted by atomic mass is 9.84. The van der Waals surface area contributed by atoms with Gasteiger partial charge >= 0.3 is 10.3 Å². The first-order chi connectivity index (χ1) is 10.6. The number of carbonyl (C=O) groups is 1. The van der Waals surface area contributed by atoms with Gasteiger partial charge in [-0.15, -0.1) is 0 Å². The van der Waals surface area contributed by atoms with E-state index in [2.05, 4.69) is 0 Å². The van der Waals surface area contributed by atoms with Crippen molar-refractivity contribution in [3.63, 3.8) is 0 Å². The van der Waals surface area contributed by atoms with Crippen molar-refractivity contribution in [2.24, 2.45) is 0 Å². The van der Waals surface area contributed by atoms with Crippen LogP contribution in [0.1, 0.15) is 31.9 Å². The van der Waals surface area contributed by atoms with E-state index < -0.39 is 27.9 Å². The van der Waals surface area contributed by atoms with E-state index in [-0.39, 0.29) is 13.0 Å². The fraction of sp³-hybridized carbons (Fsp3) is 0.533. The maximum atomic E-state index is 12.1. The molecule has 7 nitrogen and oxygen atoms in total. The smallest absolute Gasteiger partial charge is 0.362 e. The van der Waals surface area contributed by atoms with Crippen LogP contribution >= 0.6 is 0 Å². The molecule has 128 valence electrons. The molecule has 2 rings (SSSR count). The van der Waals surface area contributed by atoms with Gasteiger partial charge in [-0.2, -0.15) is 8.42 Å². The lowest BCUT2D eigenvalue weighted by molar-refractivity contribution is -0.125. The molecule has 1 atom stereocenters. The van der Waals surface area contributed by atoms with Crippen molar-refractivity contribution >= 4 is 16.2 Å². The van der Waals surface area contributed by atoms with Gasteiger partial charge in [-0.3, -0.25) is 9.35 Å². The van der Waals surface area contributed by atoms with Crippen molar-refractivity contribution in [3.05, 3.63) is 29.3 Å². The minimum Gasteiger partial charge on any atom is -0.464 e. The maximum Gasteiger partial charge on any atom is 0.362 e. The van der Waals surface area contributed by atoms with Crippen LogP contribution < -0.4 is 4.74 Å². The van der Waals surface area contributed by atoms with Crippen LogP contribution in [0.25, 0.3) is 0 Å². The molecule has 1 heterocycles. The second kappa shape index (κ2) is 6.10. The van der Waals surface area contributed by atoms with Crippen molar-refractivity contribution in [1.82, 2.24) is 4.31 Å². The Morgan fingerprint density at radius 2 is 2.09 bits per heavy atom. The van der Waals surface area contributed by atoms with Crippen molar-refractivity contribution in [1.29, 1.82) is 0 Å². The van der Waals surface area contributed by atoms with Gasteiger partial charge in [0, 0.05) is 19.2 Å². The van der Waals surface area contributed by atoms with Gasteiger partial charge in [0.2, 0.25) is 12.2 Å².